The van der Waals surface area contributed by atoms with Crippen LogP contribution in [-0.2, 0) is 4.79 Å². The Morgan fingerprint density at radius 3 is 2.78 bits per heavy atom. The highest BCUT2D eigenvalue weighted by molar-refractivity contribution is 5.93. The van der Waals surface area contributed by atoms with Crippen LogP contribution in [0.5, 0.6) is 0 Å². The Morgan fingerprint density at radius 1 is 1.44 bits per heavy atom. The van der Waals surface area contributed by atoms with Gasteiger partial charge < -0.3 is 16.0 Å². The molecular formula is C14H19N3O. The van der Waals surface area contributed by atoms with Gasteiger partial charge in [-0.25, -0.2) is 0 Å². The van der Waals surface area contributed by atoms with Gasteiger partial charge in [-0.3, -0.25) is 4.79 Å². The second-order valence-electron chi connectivity index (χ2n) is 4.34. The average Bonchev–Trinajstić information content (AvgIpc) is 2.28. The SMILES string of the molecule is Cc1ccc(NC(=O)CN(C)C)c(C#CCN)c1. The van der Waals surface area contributed by atoms with Crippen molar-refractivity contribution in [3.63, 3.8) is 0 Å². The first-order valence-corrected chi connectivity index (χ1v) is 5.77. The van der Waals surface area contributed by atoms with E-state index in [1.807, 2.05) is 44.1 Å². The number of rotatable bonds is 3. The Bertz CT molecular complexity index is 484. The van der Waals surface area contributed by atoms with Crippen molar-refractivity contribution in [2.24, 2.45) is 5.73 Å². The topological polar surface area (TPSA) is 58.4 Å². The number of benzene rings is 1. The highest BCUT2D eigenvalue weighted by Crippen LogP contribution is 2.16. The maximum absolute atomic E-state index is 11.7. The van der Waals surface area contributed by atoms with Crippen LogP contribution in [0.25, 0.3) is 0 Å². The summed E-state index contributed by atoms with van der Waals surface area (Å²) in [6, 6.07) is 5.75. The number of nitrogens with zero attached hydrogens (tertiary/aromatic N) is 1. The van der Waals surface area contributed by atoms with Gasteiger partial charge in [-0.2, -0.15) is 0 Å². The Morgan fingerprint density at radius 2 is 2.17 bits per heavy atom. The van der Waals surface area contributed by atoms with Crippen LogP contribution in [0.3, 0.4) is 0 Å². The fourth-order valence-electron chi connectivity index (χ4n) is 1.49. The molecule has 4 nitrogen and oxygen atoms in total. The van der Waals surface area contributed by atoms with Crippen molar-refractivity contribution in [1.29, 1.82) is 0 Å². The summed E-state index contributed by atoms with van der Waals surface area (Å²) < 4.78 is 0. The Hall–Kier alpha value is -1.83. The molecule has 1 aromatic rings. The minimum absolute atomic E-state index is 0.0559. The lowest BCUT2D eigenvalue weighted by Gasteiger charge is -2.11. The van der Waals surface area contributed by atoms with Crippen LogP contribution in [0.4, 0.5) is 5.69 Å². The van der Waals surface area contributed by atoms with Crippen molar-refractivity contribution in [3.05, 3.63) is 29.3 Å². The summed E-state index contributed by atoms with van der Waals surface area (Å²) >= 11 is 0. The number of hydrogen-bond acceptors (Lipinski definition) is 3. The van der Waals surface area contributed by atoms with E-state index in [1.54, 1.807) is 0 Å². The molecule has 0 aromatic heterocycles. The number of amides is 1. The molecule has 0 aliphatic rings. The molecule has 0 atom stereocenters. The average molecular weight is 245 g/mol. The third-order valence-electron chi connectivity index (χ3n) is 2.23. The van der Waals surface area contributed by atoms with E-state index in [-0.39, 0.29) is 5.91 Å². The van der Waals surface area contributed by atoms with E-state index in [1.165, 1.54) is 0 Å². The zero-order valence-electron chi connectivity index (χ0n) is 11.1. The zero-order valence-corrected chi connectivity index (χ0v) is 11.1. The van der Waals surface area contributed by atoms with Gasteiger partial charge in [0.2, 0.25) is 5.91 Å². The Balaban J connectivity index is 2.90. The number of carbonyl (C=O) groups excluding carboxylic acids is 1. The lowest BCUT2D eigenvalue weighted by atomic mass is 10.1. The number of nitrogens with two attached hydrogens (primary N) is 1. The predicted molar refractivity (Wildman–Crippen MR) is 74.3 cm³/mol. The van der Waals surface area contributed by atoms with E-state index < -0.39 is 0 Å². The smallest absolute Gasteiger partial charge is 0.238 e. The zero-order chi connectivity index (χ0) is 13.5. The number of likely N-dealkylation sites (N-methyl/N-ethyl adjacent to an activating group) is 1. The first-order chi connectivity index (χ1) is 8.52. The molecule has 0 spiro atoms. The molecule has 0 heterocycles. The molecule has 0 unspecified atom stereocenters. The highest BCUT2D eigenvalue weighted by Gasteiger charge is 2.06. The third-order valence-corrected chi connectivity index (χ3v) is 2.23. The van der Waals surface area contributed by atoms with Crippen molar-refractivity contribution in [3.8, 4) is 11.8 Å². The largest absolute Gasteiger partial charge is 0.324 e. The molecule has 0 fully saturated rings. The molecule has 4 heteroatoms. The van der Waals surface area contributed by atoms with Crippen LogP contribution >= 0.6 is 0 Å². The second-order valence-corrected chi connectivity index (χ2v) is 4.34. The molecule has 1 aromatic carbocycles. The Labute approximate surface area is 108 Å². The summed E-state index contributed by atoms with van der Waals surface area (Å²) in [5.74, 6) is 5.72. The van der Waals surface area contributed by atoms with E-state index in [2.05, 4.69) is 17.2 Å². The van der Waals surface area contributed by atoms with Gasteiger partial charge in [-0.05, 0) is 38.7 Å². The van der Waals surface area contributed by atoms with Crippen molar-refractivity contribution in [2.75, 3.05) is 32.5 Å². The lowest BCUT2D eigenvalue weighted by molar-refractivity contribution is -0.116. The summed E-state index contributed by atoms with van der Waals surface area (Å²) in [4.78, 5) is 13.5. The molecule has 0 saturated heterocycles. The lowest BCUT2D eigenvalue weighted by Crippen LogP contribution is -2.27. The van der Waals surface area contributed by atoms with Gasteiger partial charge >= 0.3 is 0 Å². The van der Waals surface area contributed by atoms with E-state index in [9.17, 15) is 4.79 Å². The monoisotopic (exact) mass is 245 g/mol. The summed E-state index contributed by atoms with van der Waals surface area (Å²) in [7, 11) is 3.70. The van der Waals surface area contributed by atoms with Crippen molar-refractivity contribution >= 4 is 11.6 Å². The summed E-state index contributed by atoms with van der Waals surface area (Å²) in [6.45, 7) is 2.63. The molecule has 3 N–H and O–H groups in total. The standard InChI is InChI=1S/C14H19N3O/c1-11-6-7-13(12(9-11)5-4-8-15)16-14(18)10-17(2)3/h6-7,9H,8,10,15H2,1-3H3,(H,16,18). The van der Waals surface area contributed by atoms with Gasteiger partial charge in [0.15, 0.2) is 0 Å². The van der Waals surface area contributed by atoms with Gasteiger partial charge in [0.25, 0.3) is 0 Å². The first-order valence-electron chi connectivity index (χ1n) is 5.77. The summed E-state index contributed by atoms with van der Waals surface area (Å²) in [5, 5.41) is 2.85. The molecular weight excluding hydrogens is 226 g/mol. The van der Waals surface area contributed by atoms with Gasteiger partial charge in [-0.15, -0.1) is 0 Å². The van der Waals surface area contributed by atoms with E-state index in [0.29, 0.717) is 13.1 Å². The quantitative estimate of drug-likeness (QED) is 0.775. The van der Waals surface area contributed by atoms with Crippen molar-refractivity contribution in [1.82, 2.24) is 4.90 Å². The van der Waals surface area contributed by atoms with E-state index in [4.69, 9.17) is 5.73 Å². The predicted octanol–water partition coefficient (Wildman–Crippen LogP) is 0.805. The molecule has 18 heavy (non-hydrogen) atoms. The fraction of sp³-hybridized carbons (Fsp3) is 0.357. The number of carbonyl (C=O) groups is 1. The van der Waals surface area contributed by atoms with Gasteiger partial charge in [0.1, 0.15) is 0 Å². The molecule has 96 valence electrons. The normalized spacial score (nSPS) is 9.83. The molecule has 0 aliphatic carbocycles. The molecule has 1 amide bonds. The van der Waals surface area contributed by atoms with E-state index in [0.717, 1.165) is 16.8 Å². The van der Waals surface area contributed by atoms with Crippen LogP contribution in [0, 0.1) is 18.8 Å². The first kappa shape index (κ1) is 14.2. The van der Waals surface area contributed by atoms with Crippen LogP contribution < -0.4 is 11.1 Å². The van der Waals surface area contributed by atoms with Crippen LogP contribution in [-0.4, -0.2) is 38.0 Å². The minimum Gasteiger partial charge on any atom is -0.324 e. The van der Waals surface area contributed by atoms with E-state index >= 15 is 0 Å². The molecule has 0 saturated carbocycles. The highest BCUT2D eigenvalue weighted by atomic mass is 16.2. The van der Waals surface area contributed by atoms with Crippen LogP contribution in [0.15, 0.2) is 18.2 Å². The number of aryl methyl sites for hydroxylation is 1. The molecule has 1 rings (SSSR count). The van der Waals surface area contributed by atoms with Crippen molar-refractivity contribution < 1.29 is 4.79 Å². The van der Waals surface area contributed by atoms with Crippen LogP contribution in [0.1, 0.15) is 11.1 Å². The molecule has 0 bridgehead atoms. The summed E-state index contributed by atoms with van der Waals surface area (Å²) in [5.41, 5.74) is 7.99. The number of nitrogens with one attached hydrogen (secondary N) is 1. The second kappa shape index (κ2) is 6.80. The minimum atomic E-state index is -0.0559. The van der Waals surface area contributed by atoms with Gasteiger partial charge in [-0.1, -0.05) is 17.9 Å². The fourth-order valence-corrected chi connectivity index (χ4v) is 1.49. The van der Waals surface area contributed by atoms with Crippen LogP contribution in [0.2, 0.25) is 0 Å². The van der Waals surface area contributed by atoms with Gasteiger partial charge in [0.05, 0.1) is 18.8 Å². The van der Waals surface area contributed by atoms with Crippen molar-refractivity contribution in [2.45, 2.75) is 6.92 Å². The maximum atomic E-state index is 11.7. The summed E-state index contributed by atoms with van der Waals surface area (Å²) in [6.07, 6.45) is 0. The molecule has 0 aliphatic heterocycles. The third kappa shape index (κ3) is 4.58. The van der Waals surface area contributed by atoms with Gasteiger partial charge in [0, 0.05) is 5.56 Å². The number of anilines is 1. The maximum Gasteiger partial charge on any atom is 0.238 e. The molecule has 0 radical (unpaired) electrons. The Kier molecular flexibility index (Phi) is 5.37. The number of hydrogen-bond donors (Lipinski definition) is 2.